The Morgan fingerprint density at radius 2 is 1.54 bits per heavy atom. The van der Waals surface area contributed by atoms with E-state index in [0.717, 1.165) is 16.7 Å². The van der Waals surface area contributed by atoms with Crippen LogP contribution in [-0.2, 0) is 19.9 Å². The van der Waals surface area contributed by atoms with Crippen LogP contribution >= 0.6 is 22.9 Å². The Balaban J connectivity index is 1.57. The van der Waals surface area contributed by atoms with E-state index in [1.807, 2.05) is 60.7 Å². The highest BCUT2D eigenvalue weighted by atomic mass is 35.5. The van der Waals surface area contributed by atoms with E-state index in [2.05, 4.69) is 46.9 Å². The quantitative estimate of drug-likeness (QED) is 0.113. The number of anilines is 1. The molecule has 1 N–H and O–H groups in total. The Morgan fingerprint density at radius 3 is 2.00 bits per heavy atom. The van der Waals surface area contributed by atoms with Crippen molar-refractivity contribution in [2.45, 2.75) is 24.7 Å². The summed E-state index contributed by atoms with van der Waals surface area (Å²) in [5, 5.41) is 9.24. The zero-order valence-electron chi connectivity index (χ0n) is 20.0. The van der Waals surface area contributed by atoms with E-state index < -0.39 is 16.6 Å². The number of benzene rings is 3. The number of oxime groups is 1. The third-order valence-corrected chi connectivity index (χ3v) is 7.02. The molecule has 1 aromatic heterocycles. The Morgan fingerprint density at radius 1 is 1.00 bits per heavy atom. The normalized spacial score (nSPS) is 17.3. The molecule has 0 bridgehead atoms. The first-order chi connectivity index (χ1) is 18.0. The summed E-state index contributed by atoms with van der Waals surface area (Å²) < 4.78 is 5.43. The Kier molecular flexibility index (Phi) is 7.08. The van der Waals surface area contributed by atoms with Gasteiger partial charge in [-0.3, -0.25) is 4.79 Å². The molecule has 2 heterocycles. The van der Waals surface area contributed by atoms with Gasteiger partial charge in [-0.1, -0.05) is 96.2 Å². The van der Waals surface area contributed by atoms with Crippen molar-refractivity contribution in [1.29, 1.82) is 0 Å². The molecular formula is C29H24ClN3O3S. The Hall–Kier alpha value is -3.94. The van der Waals surface area contributed by atoms with Crippen molar-refractivity contribution in [3.63, 3.8) is 0 Å². The van der Waals surface area contributed by atoms with E-state index in [-0.39, 0.29) is 5.71 Å². The second kappa shape index (κ2) is 10.6. The highest BCUT2D eigenvalue weighted by Gasteiger charge is 2.37. The number of nitrogens with zero attached hydrogens (tertiary/aromatic N) is 2. The van der Waals surface area contributed by atoms with Crippen LogP contribution in [0.1, 0.15) is 35.7 Å². The van der Waals surface area contributed by atoms with Crippen LogP contribution in [0.15, 0.2) is 114 Å². The molecule has 4 aromatic rings. The standard InChI is InChI=1S/C29H24ClN3O3S/c1-28(18-11-19-35-28)36-33-25(26(30)34)24-20-37-27(31-24)32-29(21-12-5-2-6-13-21,22-14-7-3-8-15-22)23-16-9-4-10-17-23/h2-17,19-20H,18H2,1H3,(H,31,32). The molecule has 8 heteroatoms. The number of carbonyl (C=O) groups is 1. The molecule has 1 aliphatic heterocycles. The lowest BCUT2D eigenvalue weighted by atomic mass is 9.77. The van der Waals surface area contributed by atoms with Crippen molar-refractivity contribution in [3.05, 3.63) is 131 Å². The maximum absolute atomic E-state index is 12.3. The van der Waals surface area contributed by atoms with E-state index in [1.165, 1.54) is 11.3 Å². The van der Waals surface area contributed by atoms with E-state index in [4.69, 9.17) is 26.2 Å². The molecule has 3 aromatic carbocycles. The second-order valence-corrected chi connectivity index (χ2v) is 9.84. The molecule has 6 nitrogen and oxygen atoms in total. The predicted molar refractivity (Wildman–Crippen MR) is 147 cm³/mol. The molecule has 1 aliphatic rings. The summed E-state index contributed by atoms with van der Waals surface area (Å²) in [7, 11) is 0. The Labute approximate surface area is 224 Å². The molecule has 5 rings (SSSR count). The minimum Gasteiger partial charge on any atom is -0.458 e. The summed E-state index contributed by atoms with van der Waals surface area (Å²) in [6, 6.07) is 30.6. The van der Waals surface area contributed by atoms with Crippen LogP contribution in [-0.4, -0.2) is 21.7 Å². The molecule has 37 heavy (non-hydrogen) atoms. The highest BCUT2D eigenvalue weighted by Crippen LogP contribution is 2.40. The average Bonchev–Trinajstić information content (AvgIpc) is 3.58. The number of rotatable bonds is 9. The first-order valence-corrected chi connectivity index (χ1v) is 13.0. The van der Waals surface area contributed by atoms with Gasteiger partial charge < -0.3 is 14.9 Å². The van der Waals surface area contributed by atoms with Gasteiger partial charge in [0.2, 0.25) is 0 Å². The van der Waals surface area contributed by atoms with Crippen LogP contribution in [0, 0.1) is 0 Å². The molecule has 1 atom stereocenters. The molecule has 0 radical (unpaired) electrons. The van der Waals surface area contributed by atoms with E-state index in [0.29, 0.717) is 17.2 Å². The first kappa shape index (κ1) is 24.7. The molecule has 0 saturated heterocycles. The van der Waals surface area contributed by atoms with Gasteiger partial charge in [0, 0.05) is 18.7 Å². The highest BCUT2D eigenvalue weighted by molar-refractivity contribution is 7.14. The summed E-state index contributed by atoms with van der Waals surface area (Å²) in [5.74, 6) is -0.988. The Bertz CT molecular complexity index is 1320. The lowest BCUT2D eigenvalue weighted by Gasteiger charge is -2.36. The first-order valence-electron chi connectivity index (χ1n) is 11.7. The van der Waals surface area contributed by atoms with Crippen molar-refractivity contribution >= 4 is 39.0 Å². The topological polar surface area (TPSA) is 72.8 Å². The SMILES string of the molecule is CC1(ON=C(C(=O)Cl)c2csc(NC(c3ccccc3)(c3ccccc3)c3ccccc3)n2)CC=CO1. The summed E-state index contributed by atoms with van der Waals surface area (Å²) in [4.78, 5) is 22.5. The van der Waals surface area contributed by atoms with Crippen LogP contribution in [0.5, 0.6) is 0 Å². The fourth-order valence-corrected chi connectivity index (χ4v) is 5.15. The van der Waals surface area contributed by atoms with Gasteiger partial charge in [-0.15, -0.1) is 11.3 Å². The number of thiazole rings is 1. The third kappa shape index (κ3) is 5.14. The van der Waals surface area contributed by atoms with Crippen LogP contribution in [0.4, 0.5) is 5.13 Å². The molecule has 0 amide bonds. The number of hydrogen-bond donors (Lipinski definition) is 1. The largest absolute Gasteiger partial charge is 0.458 e. The number of ether oxygens (including phenoxy) is 1. The summed E-state index contributed by atoms with van der Waals surface area (Å²) in [6.07, 6.45) is 3.86. The minimum absolute atomic E-state index is 0.0903. The molecule has 0 spiro atoms. The number of carbonyl (C=O) groups excluding carboxylic acids is 1. The maximum Gasteiger partial charge on any atom is 0.276 e. The van der Waals surface area contributed by atoms with Gasteiger partial charge in [-0.05, 0) is 34.4 Å². The fourth-order valence-electron chi connectivity index (χ4n) is 4.27. The summed E-state index contributed by atoms with van der Waals surface area (Å²) in [5.41, 5.74) is 2.57. The van der Waals surface area contributed by atoms with Gasteiger partial charge in [0.1, 0.15) is 11.2 Å². The predicted octanol–water partition coefficient (Wildman–Crippen LogP) is 6.68. The van der Waals surface area contributed by atoms with Crippen LogP contribution in [0.2, 0.25) is 0 Å². The zero-order valence-corrected chi connectivity index (χ0v) is 21.6. The van der Waals surface area contributed by atoms with Gasteiger partial charge in [0.05, 0.1) is 6.26 Å². The number of nitrogens with one attached hydrogen (secondary N) is 1. The summed E-state index contributed by atoms with van der Waals surface area (Å²) >= 11 is 7.23. The number of aromatic nitrogens is 1. The van der Waals surface area contributed by atoms with Crippen LogP contribution in [0.25, 0.3) is 0 Å². The van der Waals surface area contributed by atoms with Crippen LogP contribution in [0.3, 0.4) is 0 Å². The fraction of sp³-hybridized carbons (Fsp3) is 0.138. The van der Waals surface area contributed by atoms with Gasteiger partial charge >= 0.3 is 0 Å². The van der Waals surface area contributed by atoms with Crippen molar-refractivity contribution in [2.24, 2.45) is 5.16 Å². The van der Waals surface area contributed by atoms with Crippen molar-refractivity contribution in [1.82, 2.24) is 4.98 Å². The van der Waals surface area contributed by atoms with E-state index >= 15 is 0 Å². The smallest absolute Gasteiger partial charge is 0.276 e. The lowest BCUT2D eigenvalue weighted by molar-refractivity contribution is -0.181. The van der Waals surface area contributed by atoms with Crippen molar-refractivity contribution < 1.29 is 14.4 Å². The molecular weight excluding hydrogens is 506 g/mol. The lowest BCUT2D eigenvalue weighted by Crippen LogP contribution is -2.38. The van der Waals surface area contributed by atoms with Gasteiger partial charge in [0.25, 0.3) is 11.0 Å². The minimum atomic E-state index is -0.988. The zero-order chi connectivity index (χ0) is 25.7. The third-order valence-electron chi connectivity index (χ3n) is 6.08. The van der Waals surface area contributed by atoms with Gasteiger partial charge in [-0.2, -0.15) is 0 Å². The van der Waals surface area contributed by atoms with E-state index in [1.54, 1.807) is 18.6 Å². The van der Waals surface area contributed by atoms with Gasteiger partial charge in [-0.25, -0.2) is 4.98 Å². The monoisotopic (exact) mass is 529 g/mol. The molecule has 0 aliphatic carbocycles. The molecule has 186 valence electrons. The van der Waals surface area contributed by atoms with Crippen LogP contribution < -0.4 is 5.32 Å². The molecule has 0 saturated carbocycles. The second-order valence-electron chi connectivity index (χ2n) is 8.64. The number of halogens is 1. The van der Waals surface area contributed by atoms with Crippen molar-refractivity contribution in [3.8, 4) is 0 Å². The van der Waals surface area contributed by atoms with E-state index in [9.17, 15) is 4.79 Å². The number of hydrogen-bond acceptors (Lipinski definition) is 7. The molecule has 0 fully saturated rings. The molecule has 1 unspecified atom stereocenters. The summed E-state index contributed by atoms with van der Waals surface area (Å²) in [6.45, 7) is 1.73. The van der Waals surface area contributed by atoms with Gasteiger partial charge in [0.15, 0.2) is 10.8 Å². The average molecular weight is 530 g/mol. The van der Waals surface area contributed by atoms with Crippen molar-refractivity contribution in [2.75, 3.05) is 5.32 Å². The maximum atomic E-state index is 12.3.